The summed E-state index contributed by atoms with van der Waals surface area (Å²) in [6, 6.07) is 13.9. The largest absolute Gasteiger partial charge is 0.480 e. The number of para-hydroxylation sites is 4. The van der Waals surface area contributed by atoms with Crippen molar-refractivity contribution in [2.45, 2.75) is 0 Å². The second-order valence-electron chi connectivity index (χ2n) is 3.26. The molecule has 0 bridgehead atoms. The van der Waals surface area contributed by atoms with Crippen molar-refractivity contribution in [1.29, 1.82) is 0 Å². The van der Waals surface area contributed by atoms with E-state index in [0.717, 1.165) is 0 Å². The molecule has 0 aliphatic heterocycles. The zero-order valence-corrected chi connectivity index (χ0v) is 8.92. The highest BCUT2D eigenvalue weighted by Crippen LogP contribution is 2.36. The number of hydrogen-bond donors (Lipinski definition) is 0. The van der Waals surface area contributed by atoms with Crippen molar-refractivity contribution in [3.8, 4) is 11.5 Å². The average Bonchev–Trinajstić information content (AvgIpc) is 2.40. The van der Waals surface area contributed by atoms with Gasteiger partial charge in [-0.1, -0.05) is 36.4 Å². The van der Waals surface area contributed by atoms with Gasteiger partial charge in [-0.05, 0) is 12.1 Å². The smallest absolute Gasteiger partial charge is 0.228 e. The first kappa shape index (κ1) is 10.7. The third-order valence-corrected chi connectivity index (χ3v) is 2.19. The molecule has 0 saturated carbocycles. The molecule has 0 radical (unpaired) electrons. The molecule has 2 aromatic carbocycles. The molecule has 0 N–H and O–H groups in total. The van der Waals surface area contributed by atoms with Gasteiger partial charge in [-0.25, -0.2) is 9.69 Å². The van der Waals surface area contributed by atoms with Crippen molar-refractivity contribution in [3.05, 3.63) is 71.4 Å². The van der Waals surface area contributed by atoms with E-state index in [1.54, 1.807) is 48.5 Å². The maximum Gasteiger partial charge on any atom is 0.228 e. The second kappa shape index (κ2) is 4.83. The maximum atomic E-state index is 7.03. The Morgan fingerprint density at radius 1 is 0.706 bits per heavy atom. The highest BCUT2D eigenvalue weighted by atomic mass is 16.5. The molecule has 2 rings (SSSR count). The molecular formula is C14H8N2O. The fraction of sp³-hybridized carbons (Fsp3) is 0. The lowest BCUT2D eigenvalue weighted by Gasteiger charge is -2.08. The molecule has 0 amide bonds. The van der Waals surface area contributed by atoms with E-state index in [-0.39, 0.29) is 0 Å². The molecule has 0 spiro atoms. The minimum atomic E-state index is 0.437. The van der Waals surface area contributed by atoms with E-state index in [1.165, 1.54) is 0 Å². The SMILES string of the molecule is [C-]#[N+]c1ccccc1Oc1ccccc1[N+]#[C-]. The van der Waals surface area contributed by atoms with Crippen LogP contribution in [0.3, 0.4) is 0 Å². The van der Waals surface area contributed by atoms with Crippen LogP contribution in [0.2, 0.25) is 0 Å². The van der Waals surface area contributed by atoms with E-state index in [9.17, 15) is 0 Å². The standard InChI is InChI=1S/C14H8N2O/c1-15-11-7-3-5-9-13(11)17-14-10-6-4-8-12(14)16-2/h3-10H. The molecule has 3 nitrogen and oxygen atoms in total. The molecule has 2 aromatic rings. The number of benzene rings is 2. The Bertz CT molecular complexity index is 565. The molecule has 0 heterocycles. The summed E-state index contributed by atoms with van der Waals surface area (Å²) in [6.07, 6.45) is 0. The Labute approximate surface area is 99.5 Å². The summed E-state index contributed by atoms with van der Waals surface area (Å²) >= 11 is 0. The third-order valence-electron chi connectivity index (χ3n) is 2.19. The Morgan fingerprint density at radius 3 is 1.53 bits per heavy atom. The Hall–Kier alpha value is -2.78. The highest BCUT2D eigenvalue weighted by molar-refractivity contribution is 5.63. The molecule has 0 aromatic heterocycles. The summed E-state index contributed by atoms with van der Waals surface area (Å²) in [4.78, 5) is 6.74. The molecule has 0 aliphatic carbocycles. The van der Waals surface area contributed by atoms with E-state index in [1.807, 2.05) is 0 Å². The van der Waals surface area contributed by atoms with Crippen LogP contribution in [0.15, 0.2) is 48.5 Å². The summed E-state index contributed by atoms with van der Waals surface area (Å²) < 4.78 is 5.59. The van der Waals surface area contributed by atoms with Gasteiger partial charge >= 0.3 is 0 Å². The van der Waals surface area contributed by atoms with Gasteiger partial charge in [-0.3, -0.25) is 0 Å². The van der Waals surface area contributed by atoms with Crippen molar-refractivity contribution < 1.29 is 4.74 Å². The first-order chi connectivity index (χ1) is 8.35. The Morgan fingerprint density at radius 2 is 1.12 bits per heavy atom. The van der Waals surface area contributed by atoms with Gasteiger partial charge in [-0.15, -0.1) is 0 Å². The number of nitrogens with zero attached hydrogens (tertiary/aromatic N) is 2. The van der Waals surface area contributed by atoms with Crippen LogP contribution in [0.1, 0.15) is 0 Å². The van der Waals surface area contributed by atoms with Crippen LogP contribution in [0, 0.1) is 13.1 Å². The van der Waals surface area contributed by atoms with Gasteiger partial charge in [0.1, 0.15) is 11.5 Å². The topological polar surface area (TPSA) is 17.9 Å². The van der Waals surface area contributed by atoms with Gasteiger partial charge in [0.2, 0.25) is 11.4 Å². The van der Waals surface area contributed by atoms with Crippen molar-refractivity contribution in [1.82, 2.24) is 0 Å². The van der Waals surface area contributed by atoms with E-state index >= 15 is 0 Å². The zero-order chi connectivity index (χ0) is 12.1. The van der Waals surface area contributed by atoms with Crippen molar-refractivity contribution in [3.63, 3.8) is 0 Å². The maximum absolute atomic E-state index is 7.03. The normalized spacial score (nSPS) is 9.06. The number of ether oxygens (including phenoxy) is 1. The first-order valence-electron chi connectivity index (χ1n) is 4.96. The summed E-state index contributed by atoms with van der Waals surface area (Å²) in [5.41, 5.74) is 0.875. The lowest BCUT2D eigenvalue weighted by atomic mass is 10.3. The predicted molar refractivity (Wildman–Crippen MR) is 65.5 cm³/mol. The van der Waals surface area contributed by atoms with Gasteiger partial charge in [0.05, 0.1) is 13.1 Å². The van der Waals surface area contributed by atoms with Crippen LogP contribution in [0.4, 0.5) is 11.4 Å². The second-order valence-corrected chi connectivity index (χ2v) is 3.26. The molecule has 0 saturated heterocycles. The van der Waals surface area contributed by atoms with Gasteiger partial charge in [0, 0.05) is 0 Å². The van der Waals surface area contributed by atoms with Crippen LogP contribution < -0.4 is 4.74 Å². The van der Waals surface area contributed by atoms with E-state index in [4.69, 9.17) is 17.9 Å². The van der Waals surface area contributed by atoms with Crippen LogP contribution in [-0.4, -0.2) is 0 Å². The molecule has 80 valence electrons. The monoisotopic (exact) mass is 220 g/mol. The Balaban J connectivity index is 2.40. The van der Waals surface area contributed by atoms with E-state index in [2.05, 4.69) is 9.69 Å². The molecular weight excluding hydrogens is 212 g/mol. The molecule has 3 heteroatoms. The molecule has 0 aliphatic rings. The van der Waals surface area contributed by atoms with E-state index < -0.39 is 0 Å². The van der Waals surface area contributed by atoms with Gasteiger partial charge < -0.3 is 4.74 Å². The average molecular weight is 220 g/mol. The lowest BCUT2D eigenvalue weighted by Crippen LogP contribution is -1.83. The van der Waals surface area contributed by atoms with Crippen LogP contribution in [0.25, 0.3) is 9.69 Å². The Kier molecular flexibility index (Phi) is 3.05. The minimum Gasteiger partial charge on any atom is -0.480 e. The number of hydrogen-bond acceptors (Lipinski definition) is 1. The summed E-state index contributed by atoms with van der Waals surface area (Å²) in [6.45, 7) is 14.1. The summed E-state index contributed by atoms with van der Waals surface area (Å²) in [5, 5.41) is 0. The number of rotatable bonds is 2. The fourth-order valence-corrected chi connectivity index (χ4v) is 1.39. The van der Waals surface area contributed by atoms with E-state index in [0.29, 0.717) is 22.9 Å². The molecule has 0 atom stereocenters. The summed E-state index contributed by atoms with van der Waals surface area (Å²) in [5.74, 6) is 0.942. The predicted octanol–water partition coefficient (Wildman–Crippen LogP) is 4.58. The first-order valence-corrected chi connectivity index (χ1v) is 4.96. The fourth-order valence-electron chi connectivity index (χ4n) is 1.39. The molecule has 0 unspecified atom stereocenters. The lowest BCUT2D eigenvalue weighted by molar-refractivity contribution is 0.488. The molecule has 0 fully saturated rings. The van der Waals surface area contributed by atoms with Crippen molar-refractivity contribution in [2.24, 2.45) is 0 Å². The zero-order valence-electron chi connectivity index (χ0n) is 8.92. The highest BCUT2D eigenvalue weighted by Gasteiger charge is 2.06. The van der Waals surface area contributed by atoms with Crippen molar-refractivity contribution in [2.75, 3.05) is 0 Å². The molecule has 17 heavy (non-hydrogen) atoms. The van der Waals surface area contributed by atoms with Gasteiger partial charge in [0.15, 0.2) is 0 Å². The van der Waals surface area contributed by atoms with Crippen LogP contribution in [-0.2, 0) is 0 Å². The summed E-state index contributed by atoms with van der Waals surface area (Å²) in [7, 11) is 0. The third kappa shape index (κ3) is 2.25. The van der Waals surface area contributed by atoms with Crippen LogP contribution in [0.5, 0.6) is 11.5 Å². The minimum absolute atomic E-state index is 0.437. The van der Waals surface area contributed by atoms with Gasteiger partial charge in [0.25, 0.3) is 0 Å². The van der Waals surface area contributed by atoms with Crippen LogP contribution >= 0.6 is 0 Å². The quantitative estimate of drug-likeness (QED) is 0.677. The van der Waals surface area contributed by atoms with Crippen molar-refractivity contribution >= 4 is 11.4 Å². The van der Waals surface area contributed by atoms with Gasteiger partial charge in [-0.2, -0.15) is 0 Å².